The van der Waals surface area contributed by atoms with Crippen LogP contribution in [0.15, 0.2) is 48.8 Å². The van der Waals surface area contributed by atoms with Gasteiger partial charge in [0.15, 0.2) is 5.82 Å². The summed E-state index contributed by atoms with van der Waals surface area (Å²) >= 11 is 0. The molecule has 1 N–H and O–H groups in total. The van der Waals surface area contributed by atoms with E-state index in [4.69, 9.17) is 0 Å². The highest BCUT2D eigenvalue weighted by Gasteiger charge is 2.15. The van der Waals surface area contributed by atoms with Gasteiger partial charge in [0.25, 0.3) is 0 Å². The molecule has 1 atom stereocenters. The molecule has 0 radical (unpaired) electrons. The Morgan fingerprint density at radius 1 is 1.04 bits per heavy atom. The molecule has 4 heteroatoms. The molecule has 0 spiro atoms. The predicted molar refractivity (Wildman–Crippen MR) is 110 cm³/mol. The molecule has 27 heavy (non-hydrogen) atoms. The summed E-state index contributed by atoms with van der Waals surface area (Å²) in [4.78, 5) is 20.3. The molecule has 2 aromatic rings. The molecule has 1 aromatic heterocycles. The van der Waals surface area contributed by atoms with Crippen LogP contribution in [0.4, 0.5) is 0 Å². The lowest BCUT2D eigenvalue weighted by Crippen LogP contribution is -2.06. The zero-order chi connectivity index (χ0) is 19.5. The standard InChI is InChI=1S/C23H30N2O2/c1-3-4-5-6-7-9-12-19-16-24-22(25-17-19)21(23(26)27)15-18(2)20-13-10-8-11-14-20/h8,10-11,13-18H,3-7,9,12H2,1-2H3,(H,26,27)/b21-15+. The highest BCUT2D eigenvalue weighted by Crippen LogP contribution is 2.21. The van der Waals surface area contributed by atoms with E-state index in [0.29, 0.717) is 0 Å². The number of aryl methyl sites for hydroxylation is 1. The van der Waals surface area contributed by atoms with Crippen molar-refractivity contribution in [2.45, 2.75) is 64.7 Å². The number of unbranched alkanes of at least 4 members (excludes halogenated alkanes) is 5. The van der Waals surface area contributed by atoms with Crippen molar-refractivity contribution in [3.05, 3.63) is 65.8 Å². The number of carboxylic acids is 1. The van der Waals surface area contributed by atoms with E-state index in [1.807, 2.05) is 37.3 Å². The van der Waals surface area contributed by atoms with Crippen molar-refractivity contribution in [3.63, 3.8) is 0 Å². The molecule has 1 aromatic carbocycles. The molecule has 0 saturated heterocycles. The summed E-state index contributed by atoms with van der Waals surface area (Å²) in [6.45, 7) is 4.20. The summed E-state index contributed by atoms with van der Waals surface area (Å²) in [5.41, 5.74) is 2.28. The van der Waals surface area contributed by atoms with Gasteiger partial charge in [0, 0.05) is 18.3 Å². The monoisotopic (exact) mass is 366 g/mol. The normalized spacial score (nSPS) is 12.7. The van der Waals surface area contributed by atoms with Gasteiger partial charge in [0.2, 0.25) is 0 Å². The molecule has 2 rings (SSSR count). The van der Waals surface area contributed by atoms with Crippen molar-refractivity contribution < 1.29 is 9.90 Å². The van der Waals surface area contributed by atoms with Crippen LogP contribution >= 0.6 is 0 Å². The fraction of sp³-hybridized carbons (Fsp3) is 0.435. The molecule has 0 amide bonds. The summed E-state index contributed by atoms with van der Waals surface area (Å²) in [5, 5.41) is 9.59. The van der Waals surface area contributed by atoms with Crippen molar-refractivity contribution in [1.82, 2.24) is 9.97 Å². The second kappa shape index (κ2) is 11.3. The molecular weight excluding hydrogens is 336 g/mol. The van der Waals surface area contributed by atoms with E-state index in [-0.39, 0.29) is 17.3 Å². The van der Waals surface area contributed by atoms with Crippen molar-refractivity contribution in [2.75, 3.05) is 0 Å². The van der Waals surface area contributed by atoms with E-state index in [0.717, 1.165) is 24.0 Å². The first-order chi connectivity index (χ1) is 13.1. The zero-order valence-electron chi connectivity index (χ0n) is 16.4. The molecule has 0 aliphatic heterocycles. The number of hydrogen-bond donors (Lipinski definition) is 1. The van der Waals surface area contributed by atoms with Crippen LogP contribution in [0.3, 0.4) is 0 Å². The molecular formula is C23H30N2O2. The van der Waals surface area contributed by atoms with Crippen molar-refractivity contribution >= 4 is 11.5 Å². The number of benzene rings is 1. The number of aromatic nitrogens is 2. The zero-order valence-corrected chi connectivity index (χ0v) is 16.4. The fourth-order valence-electron chi connectivity index (χ4n) is 3.08. The molecule has 0 aliphatic carbocycles. The van der Waals surface area contributed by atoms with Crippen molar-refractivity contribution in [2.24, 2.45) is 0 Å². The largest absolute Gasteiger partial charge is 0.478 e. The molecule has 1 unspecified atom stereocenters. The van der Waals surface area contributed by atoms with E-state index in [2.05, 4.69) is 16.9 Å². The summed E-state index contributed by atoms with van der Waals surface area (Å²) in [6.07, 6.45) is 13.7. The highest BCUT2D eigenvalue weighted by atomic mass is 16.4. The van der Waals surface area contributed by atoms with Crippen LogP contribution in [-0.2, 0) is 11.2 Å². The first kappa shape index (κ1) is 20.8. The maximum absolute atomic E-state index is 11.7. The smallest absolute Gasteiger partial charge is 0.339 e. The Morgan fingerprint density at radius 3 is 2.30 bits per heavy atom. The van der Waals surface area contributed by atoms with Gasteiger partial charge in [0.1, 0.15) is 5.57 Å². The maximum atomic E-state index is 11.7. The third kappa shape index (κ3) is 6.97. The average molecular weight is 367 g/mol. The summed E-state index contributed by atoms with van der Waals surface area (Å²) in [7, 11) is 0. The molecule has 0 saturated carbocycles. The summed E-state index contributed by atoms with van der Waals surface area (Å²) < 4.78 is 0. The highest BCUT2D eigenvalue weighted by molar-refractivity contribution is 6.14. The fourth-order valence-corrected chi connectivity index (χ4v) is 3.08. The third-order valence-corrected chi connectivity index (χ3v) is 4.74. The van der Waals surface area contributed by atoms with Gasteiger partial charge in [-0.2, -0.15) is 0 Å². The van der Waals surface area contributed by atoms with E-state index in [1.165, 1.54) is 32.1 Å². The Morgan fingerprint density at radius 2 is 1.67 bits per heavy atom. The number of hydrogen-bond acceptors (Lipinski definition) is 3. The third-order valence-electron chi connectivity index (χ3n) is 4.74. The Bertz CT molecular complexity index is 724. The second-order valence-corrected chi connectivity index (χ2v) is 7.02. The van der Waals surface area contributed by atoms with Crippen LogP contribution in [0.2, 0.25) is 0 Å². The van der Waals surface area contributed by atoms with Crippen LogP contribution < -0.4 is 0 Å². The van der Waals surface area contributed by atoms with Gasteiger partial charge in [-0.15, -0.1) is 0 Å². The molecule has 144 valence electrons. The lowest BCUT2D eigenvalue weighted by molar-refractivity contribution is -0.130. The predicted octanol–water partition coefficient (Wildman–Crippen LogP) is 5.65. The summed E-state index contributed by atoms with van der Waals surface area (Å²) in [6, 6.07) is 9.83. The van der Waals surface area contributed by atoms with E-state index in [1.54, 1.807) is 18.5 Å². The van der Waals surface area contributed by atoms with Crippen LogP contribution in [-0.4, -0.2) is 21.0 Å². The Hall–Kier alpha value is -2.49. The second-order valence-electron chi connectivity index (χ2n) is 7.02. The summed E-state index contributed by atoms with van der Waals surface area (Å²) in [5.74, 6) is -0.748. The van der Waals surface area contributed by atoms with Crippen LogP contribution in [0.25, 0.3) is 5.57 Å². The quantitative estimate of drug-likeness (QED) is 0.412. The minimum Gasteiger partial charge on any atom is -0.478 e. The van der Waals surface area contributed by atoms with Crippen LogP contribution in [0.5, 0.6) is 0 Å². The van der Waals surface area contributed by atoms with E-state index in [9.17, 15) is 9.90 Å². The van der Waals surface area contributed by atoms with Gasteiger partial charge in [0.05, 0.1) is 0 Å². The molecule has 0 fully saturated rings. The Labute approximate surface area is 162 Å². The van der Waals surface area contributed by atoms with E-state index >= 15 is 0 Å². The van der Waals surface area contributed by atoms with Crippen LogP contribution in [0, 0.1) is 0 Å². The minimum absolute atomic E-state index is 0.0244. The van der Waals surface area contributed by atoms with Gasteiger partial charge in [-0.05, 0) is 24.0 Å². The molecule has 0 bridgehead atoms. The average Bonchev–Trinajstić information content (AvgIpc) is 2.69. The number of aliphatic carboxylic acids is 1. The first-order valence-corrected chi connectivity index (χ1v) is 9.93. The lowest BCUT2D eigenvalue weighted by atomic mass is 9.98. The van der Waals surface area contributed by atoms with E-state index < -0.39 is 5.97 Å². The molecule has 4 nitrogen and oxygen atoms in total. The number of allylic oxidation sites excluding steroid dienone is 1. The maximum Gasteiger partial charge on any atom is 0.339 e. The topological polar surface area (TPSA) is 63.1 Å². The number of nitrogens with zero attached hydrogens (tertiary/aromatic N) is 2. The van der Waals surface area contributed by atoms with Crippen molar-refractivity contribution in [3.8, 4) is 0 Å². The first-order valence-electron chi connectivity index (χ1n) is 9.93. The molecule has 0 aliphatic rings. The Kier molecular flexibility index (Phi) is 8.69. The number of rotatable bonds is 11. The van der Waals surface area contributed by atoms with Gasteiger partial charge >= 0.3 is 5.97 Å². The van der Waals surface area contributed by atoms with Gasteiger partial charge < -0.3 is 5.11 Å². The minimum atomic E-state index is -0.999. The number of carboxylic acid groups (broad SMARTS) is 1. The van der Waals surface area contributed by atoms with Gasteiger partial charge in [-0.1, -0.05) is 82.4 Å². The number of carbonyl (C=O) groups is 1. The molecule has 1 heterocycles. The SMILES string of the molecule is CCCCCCCCc1cnc(/C(=C\C(C)c2ccccc2)C(=O)O)nc1. The van der Waals surface area contributed by atoms with Gasteiger partial charge in [-0.25, -0.2) is 14.8 Å². The van der Waals surface area contributed by atoms with Crippen LogP contribution in [0.1, 0.15) is 75.2 Å². The lowest BCUT2D eigenvalue weighted by Gasteiger charge is -2.09. The Balaban J connectivity index is 1.99. The van der Waals surface area contributed by atoms with Gasteiger partial charge in [-0.3, -0.25) is 0 Å². The van der Waals surface area contributed by atoms with Crippen molar-refractivity contribution in [1.29, 1.82) is 0 Å².